The second kappa shape index (κ2) is 5.74. The van der Waals surface area contributed by atoms with Crippen molar-refractivity contribution in [3.8, 4) is 5.75 Å². The highest BCUT2D eigenvalue weighted by atomic mass is 32.2. The van der Waals surface area contributed by atoms with Gasteiger partial charge in [-0.25, -0.2) is 0 Å². The molecule has 7 heteroatoms. The average molecular weight is 249 g/mol. The molecule has 1 aromatic rings. The van der Waals surface area contributed by atoms with Crippen LogP contribution < -0.4 is 9.97 Å². The number of amidine groups is 1. The third-order valence-electron chi connectivity index (χ3n) is 2.09. The number of nitrogens with zero attached hydrogens (tertiary/aromatic N) is 1. The van der Waals surface area contributed by atoms with Crippen LogP contribution in [0.4, 0.5) is 0 Å². The van der Waals surface area contributed by atoms with Crippen molar-refractivity contribution in [1.82, 2.24) is 5.32 Å². The number of nitrogens with one attached hydrogen (secondary N) is 1. The number of hydrogen-bond donors (Lipinski definition) is 2. The van der Waals surface area contributed by atoms with E-state index in [1.54, 1.807) is 24.3 Å². The molecule has 0 unspecified atom stereocenters. The summed E-state index contributed by atoms with van der Waals surface area (Å²) in [5.41, 5.74) is 0.458. The van der Waals surface area contributed by atoms with Crippen LogP contribution in [0, 0.1) is 0 Å². The van der Waals surface area contributed by atoms with Crippen LogP contribution in [0.3, 0.4) is 0 Å². The molecule has 1 aliphatic rings. The summed E-state index contributed by atoms with van der Waals surface area (Å²) < 4.78 is 4.78. The van der Waals surface area contributed by atoms with E-state index in [2.05, 4.69) is 10.3 Å². The first-order chi connectivity index (χ1) is 8.29. The van der Waals surface area contributed by atoms with Crippen molar-refractivity contribution in [2.24, 2.45) is 4.99 Å². The van der Waals surface area contributed by atoms with Crippen molar-refractivity contribution in [2.45, 2.75) is 0 Å². The smallest absolute Gasteiger partial charge is 0.537 e. The fraction of sp³-hybridized carbons (Fsp3) is 0.200. The van der Waals surface area contributed by atoms with Crippen molar-refractivity contribution in [2.75, 3.05) is 12.3 Å². The summed E-state index contributed by atoms with van der Waals surface area (Å²) in [7, 11) is 0.577. The minimum Gasteiger partial charge on any atom is -0.537 e. The summed E-state index contributed by atoms with van der Waals surface area (Å²) >= 11 is 1.52. The number of carbonyl (C=O) groups excluding carboxylic acids is 1. The summed E-state index contributed by atoms with van der Waals surface area (Å²) in [6, 6.07) is 6.53. The molecule has 2 N–H and O–H groups in total. The van der Waals surface area contributed by atoms with Crippen LogP contribution in [0.15, 0.2) is 29.3 Å². The average Bonchev–Trinajstić information content (AvgIpc) is 2.83. The van der Waals surface area contributed by atoms with E-state index in [1.807, 2.05) is 0 Å². The van der Waals surface area contributed by atoms with Gasteiger partial charge in [-0.15, -0.1) is 0 Å². The van der Waals surface area contributed by atoms with E-state index in [-0.39, 0.29) is 5.91 Å². The van der Waals surface area contributed by atoms with Gasteiger partial charge in [-0.1, -0.05) is 17.8 Å². The molecule has 1 aromatic carbocycles. The van der Waals surface area contributed by atoms with Crippen LogP contribution in [-0.4, -0.2) is 36.1 Å². The van der Waals surface area contributed by atoms with E-state index >= 15 is 0 Å². The summed E-state index contributed by atoms with van der Waals surface area (Å²) in [5, 5.41) is 11.9. The van der Waals surface area contributed by atoms with E-state index in [9.17, 15) is 4.79 Å². The Bertz CT molecular complexity index is 453. The molecular weight excluding hydrogens is 239 g/mol. The summed E-state index contributed by atoms with van der Waals surface area (Å²) in [6.45, 7) is 0.739. The predicted molar refractivity (Wildman–Crippen MR) is 67.3 cm³/mol. The van der Waals surface area contributed by atoms with Crippen molar-refractivity contribution in [3.05, 3.63) is 29.8 Å². The highest BCUT2D eigenvalue weighted by molar-refractivity contribution is 8.14. The normalized spacial score (nSPS) is 14.1. The Morgan fingerprint density at radius 1 is 1.59 bits per heavy atom. The Balaban J connectivity index is 2.05. The zero-order valence-electron chi connectivity index (χ0n) is 8.92. The van der Waals surface area contributed by atoms with Gasteiger partial charge in [-0.05, 0) is 18.2 Å². The van der Waals surface area contributed by atoms with Crippen molar-refractivity contribution in [1.29, 1.82) is 0 Å². The zero-order chi connectivity index (χ0) is 12.1. The van der Waals surface area contributed by atoms with Gasteiger partial charge in [-0.3, -0.25) is 9.79 Å². The summed E-state index contributed by atoms with van der Waals surface area (Å²) in [4.78, 5) is 16.0. The zero-order valence-corrected chi connectivity index (χ0v) is 9.74. The number of amides is 1. The molecule has 0 spiro atoms. The molecule has 1 radical (unpaired) electrons. The molecule has 87 valence electrons. The molecule has 0 atom stereocenters. The lowest BCUT2D eigenvalue weighted by Crippen LogP contribution is -2.27. The molecule has 0 aromatic heterocycles. The minimum atomic E-state index is -0.235. The third-order valence-corrected chi connectivity index (χ3v) is 2.98. The molecule has 0 fully saturated rings. The van der Waals surface area contributed by atoms with Gasteiger partial charge in [0.2, 0.25) is 0 Å². The fourth-order valence-corrected chi connectivity index (χ4v) is 2.07. The van der Waals surface area contributed by atoms with Crippen LogP contribution >= 0.6 is 11.8 Å². The van der Waals surface area contributed by atoms with Gasteiger partial charge in [-0.2, -0.15) is 0 Å². The first kappa shape index (κ1) is 12.0. The molecule has 2 rings (SSSR count). The van der Waals surface area contributed by atoms with Crippen molar-refractivity contribution in [3.63, 3.8) is 0 Å². The minimum absolute atomic E-state index is 0.235. The third kappa shape index (κ3) is 3.24. The SMILES string of the molecule is O=C(NC1=NCCS1)c1cccc(O[B]O)c1. The molecule has 1 amide bonds. The second-order valence-corrected chi connectivity index (χ2v) is 4.32. The van der Waals surface area contributed by atoms with Crippen LogP contribution in [0.25, 0.3) is 0 Å². The Labute approximate surface area is 104 Å². The lowest BCUT2D eigenvalue weighted by atomic mass is 10.2. The van der Waals surface area contributed by atoms with E-state index in [0.717, 1.165) is 12.3 Å². The van der Waals surface area contributed by atoms with Crippen molar-refractivity contribution >= 4 is 30.5 Å². The first-order valence-electron chi connectivity index (χ1n) is 5.01. The summed E-state index contributed by atoms with van der Waals surface area (Å²) in [5.74, 6) is 1.07. The first-order valence-corrected chi connectivity index (χ1v) is 5.99. The van der Waals surface area contributed by atoms with Gasteiger partial charge >= 0.3 is 7.69 Å². The van der Waals surface area contributed by atoms with Crippen LogP contribution in [0.2, 0.25) is 0 Å². The number of rotatable bonds is 3. The van der Waals surface area contributed by atoms with Crippen molar-refractivity contribution < 1.29 is 14.5 Å². The molecule has 0 saturated heterocycles. The Hall–Kier alpha value is -1.47. The monoisotopic (exact) mass is 249 g/mol. The maximum absolute atomic E-state index is 11.8. The Morgan fingerprint density at radius 2 is 2.47 bits per heavy atom. The lowest BCUT2D eigenvalue weighted by molar-refractivity contribution is 0.0977. The molecule has 17 heavy (non-hydrogen) atoms. The van der Waals surface area contributed by atoms with E-state index in [0.29, 0.717) is 24.2 Å². The second-order valence-electron chi connectivity index (χ2n) is 3.24. The van der Waals surface area contributed by atoms with E-state index in [1.165, 1.54) is 11.8 Å². The summed E-state index contributed by atoms with van der Waals surface area (Å²) in [6.07, 6.45) is 0. The molecule has 0 bridgehead atoms. The number of aliphatic imine (C=N–C) groups is 1. The van der Waals surface area contributed by atoms with Gasteiger partial charge < -0.3 is 15.0 Å². The van der Waals surface area contributed by atoms with E-state index in [4.69, 9.17) is 9.68 Å². The maximum Gasteiger partial charge on any atom is 0.569 e. The molecule has 0 saturated carbocycles. The van der Waals surface area contributed by atoms with Gasteiger partial charge in [0, 0.05) is 11.3 Å². The van der Waals surface area contributed by atoms with Crippen LogP contribution in [0.1, 0.15) is 10.4 Å². The van der Waals surface area contributed by atoms with Crippen LogP contribution in [-0.2, 0) is 0 Å². The quantitative estimate of drug-likeness (QED) is 0.762. The number of hydrogen-bond acceptors (Lipinski definition) is 5. The Kier molecular flexibility index (Phi) is 4.05. The van der Waals surface area contributed by atoms with Gasteiger partial charge in [0.25, 0.3) is 5.91 Å². The predicted octanol–water partition coefficient (Wildman–Crippen LogP) is 0.424. The molecule has 0 aliphatic carbocycles. The molecule has 1 aliphatic heterocycles. The van der Waals surface area contributed by atoms with Gasteiger partial charge in [0.15, 0.2) is 5.17 Å². The number of carbonyl (C=O) groups is 1. The largest absolute Gasteiger partial charge is 0.569 e. The number of benzene rings is 1. The van der Waals surface area contributed by atoms with Gasteiger partial charge in [0.05, 0.1) is 6.54 Å². The highest BCUT2D eigenvalue weighted by Gasteiger charge is 2.12. The maximum atomic E-state index is 11.8. The standard InChI is InChI=1S/C10H10BN2O3S/c14-9(13-10-12-4-5-17-10)7-2-1-3-8(6-7)16-11-15/h1-3,6,15H,4-5H2,(H,12,13,14). The fourth-order valence-electron chi connectivity index (χ4n) is 1.35. The Morgan fingerprint density at radius 3 is 3.18 bits per heavy atom. The van der Waals surface area contributed by atoms with E-state index < -0.39 is 0 Å². The topological polar surface area (TPSA) is 70.9 Å². The number of thioether (sulfide) groups is 1. The molecule has 5 nitrogen and oxygen atoms in total. The van der Waals surface area contributed by atoms with Gasteiger partial charge in [0.1, 0.15) is 5.75 Å². The lowest BCUT2D eigenvalue weighted by Gasteiger charge is -2.06. The van der Waals surface area contributed by atoms with Crippen LogP contribution in [0.5, 0.6) is 5.75 Å². The molecule has 1 heterocycles. The molecular formula is C10H10BN2O3S. The highest BCUT2D eigenvalue weighted by Crippen LogP contribution is 2.14.